The van der Waals surface area contributed by atoms with E-state index in [4.69, 9.17) is 18.9 Å². The van der Waals surface area contributed by atoms with E-state index in [1.165, 1.54) is 0 Å². The van der Waals surface area contributed by atoms with Crippen LogP contribution in [0, 0.1) is 11.8 Å². The zero-order valence-electron chi connectivity index (χ0n) is 16.1. The lowest BCUT2D eigenvalue weighted by molar-refractivity contribution is -0.165. The van der Waals surface area contributed by atoms with Crippen molar-refractivity contribution in [2.45, 2.75) is 18.5 Å². The Balaban J connectivity index is 2.77. The molecular formula is C19H23NO8. The predicted molar refractivity (Wildman–Crippen MR) is 94.7 cm³/mol. The van der Waals surface area contributed by atoms with E-state index in [2.05, 4.69) is 5.32 Å². The Morgan fingerprint density at radius 1 is 0.929 bits per heavy atom. The molecule has 0 aliphatic carbocycles. The van der Waals surface area contributed by atoms with E-state index >= 15 is 0 Å². The van der Waals surface area contributed by atoms with Crippen molar-refractivity contribution in [1.29, 1.82) is 0 Å². The average molecular weight is 393 g/mol. The molecule has 0 radical (unpaired) electrons. The number of hydrogen-bond acceptors (Lipinski definition) is 9. The van der Waals surface area contributed by atoms with Gasteiger partial charge in [0.25, 0.3) is 0 Å². The van der Waals surface area contributed by atoms with Gasteiger partial charge in [-0.1, -0.05) is 30.3 Å². The van der Waals surface area contributed by atoms with E-state index < -0.39 is 47.3 Å². The number of rotatable bonds is 6. The minimum absolute atomic E-state index is 0.0460. The molecule has 4 atom stereocenters. The lowest BCUT2D eigenvalue weighted by Gasteiger charge is -2.32. The van der Waals surface area contributed by atoms with Gasteiger partial charge in [-0.25, -0.2) is 4.79 Å². The lowest BCUT2D eigenvalue weighted by Crippen LogP contribution is -2.54. The van der Waals surface area contributed by atoms with Gasteiger partial charge in [0.2, 0.25) is 0 Å². The second-order valence-electron chi connectivity index (χ2n) is 6.09. The first-order valence-electron chi connectivity index (χ1n) is 8.62. The van der Waals surface area contributed by atoms with E-state index in [0.29, 0.717) is 5.56 Å². The second kappa shape index (κ2) is 8.83. The van der Waals surface area contributed by atoms with Crippen molar-refractivity contribution in [2.24, 2.45) is 11.8 Å². The zero-order valence-corrected chi connectivity index (χ0v) is 16.1. The molecule has 1 N–H and O–H groups in total. The fourth-order valence-electron chi connectivity index (χ4n) is 3.61. The molecule has 9 nitrogen and oxygen atoms in total. The van der Waals surface area contributed by atoms with Gasteiger partial charge >= 0.3 is 23.9 Å². The van der Waals surface area contributed by atoms with Crippen LogP contribution in [0.4, 0.5) is 0 Å². The number of methoxy groups -OCH3 is 3. The summed E-state index contributed by atoms with van der Waals surface area (Å²) in [6.45, 7) is 1.65. The molecule has 1 saturated heterocycles. The molecule has 1 fully saturated rings. The van der Waals surface area contributed by atoms with E-state index in [-0.39, 0.29) is 6.61 Å². The highest BCUT2D eigenvalue weighted by molar-refractivity contribution is 5.98. The highest BCUT2D eigenvalue weighted by atomic mass is 16.5. The quantitative estimate of drug-likeness (QED) is 0.533. The van der Waals surface area contributed by atoms with Crippen LogP contribution in [0.15, 0.2) is 30.3 Å². The maximum absolute atomic E-state index is 13.0. The van der Waals surface area contributed by atoms with E-state index in [9.17, 15) is 19.2 Å². The highest BCUT2D eigenvalue weighted by Gasteiger charge is 2.67. The normalized spacial score (nSPS) is 26.2. The Kier molecular flexibility index (Phi) is 6.74. The standard InChI is InChI=1S/C19H23NO8/c1-5-28-17(23)14-12(15(21)25-2)13(16(22)26-3)19(20-14,18(24)27-4)11-9-7-6-8-10-11/h6-10,12-14,20H,5H2,1-4H3/t12-,13+,14-,19+/m1/s1. The Morgan fingerprint density at radius 3 is 2.04 bits per heavy atom. The van der Waals surface area contributed by atoms with Gasteiger partial charge in [0, 0.05) is 0 Å². The van der Waals surface area contributed by atoms with Gasteiger partial charge in [0.05, 0.1) is 33.9 Å². The summed E-state index contributed by atoms with van der Waals surface area (Å²) >= 11 is 0. The molecule has 2 rings (SSSR count). The fraction of sp³-hybridized carbons (Fsp3) is 0.474. The van der Waals surface area contributed by atoms with Crippen LogP contribution in [-0.2, 0) is 43.7 Å². The number of carbonyl (C=O) groups is 4. The summed E-state index contributed by atoms with van der Waals surface area (Å²) in [5.74, 6) is -6.17. The average Bonchev–Trinajstić information content (AvgIpc) is 3.10. The van der Waals surface area contributed by atoms with Crippen LogP contribution in [0.2, 0.25) is 0 Å². The smallest absolute Gasteiger partial charge is 0.331 e. The van der Waals surface area contributed by atoms with E-state index in [1.807, 2.05) is 0 Å². The largest absolute Gasteiger partial charge is 0.469 e. The predicted octanol–water partition coefficient (Wildman–Crippen LogP) is 0.168. The molecular weight excluding hydrogens is 370 g/mol. The number of carbonyl (C=O) groups excluding carboxylic acids is 4. The van der Waals surface area contributed by atoms with Crippen LogP contribution in [0.3, 0.4) is 0 Å². The molecule has 1 aliphatic heterocycles. The monoisotopic (exact) mass is 393 g/mol. The second-order valence-corrected chi connectivity index (χ2v) is 6.09. The number of esters is 4. The molecule has 0 spiro atoms. The topological polar surface area (TPSA) is 117 Å². The number of ether oxygens (including phenoxy) is 4. The Hall–Kier alpha value is -2.94. The molecule has 1 aromatic carbocycles. The number of nitrogens with one attached hydrogen (secondary N) is 1. The summed E-state index contributed by atoms with van der Waals surface area (Å²) in [7, 11) is 3.40. The first kappa shape index (κ1) is 21.4. The molecule has 1 aliphatic rings. The van der Waals surface area contributed by atoms with Crippen LogP contribution in [0.25, 0.3) is 0 Å². The van der Waals surface area contributed by atoms with E-state index in [1.54, 1.807) is 37.3 Å². The molecule has 28 heavy (non-hydrogen) atoms. The van der Waals surface area contributed by atoms with Gasteiger partial charge in [-0.15, -0.1) is 0 Å². The highest BCUT2D eigenvalue weighted by Crippen LogP contribution is 2.45. The third-order valence-corrected chi connectivity index (χ3v) is 4.77. The molecule has 0 aromatic heterocycles. The maximum atomic E-state index is 13.0. The van der Waals surface area contributed by atoms with Crippen molar-refractivity contribution in [3.63, 3.8) is 0 Å². The maximum Gasteiger partial charge on any atom is 0.331 e. The number of hydrogen-bond donors (Lipinski definition) is 1. The van der Waals surface area contributed by atoms with Crippen LogP contribution in [0.1, 0.15) is 12.5 Å². The summed E-state index contributed by atoms with van der Waals surface area (Å²) in [5.41, 5.74) is -1.52. The van der Waals surface area contributed by atoms with Gasteiger partial charge < -0.3 is 18.9 Å². The van der Waals surface area contributed by atoms with Crippen molar-refractivity contribution in [3.8, 4) is 0 Å². The van der Waals surface area contributed by atoms with Crippen molar-refractivity contribution in [1.82, 2.24) is 5.32 Å². The van der Waals surface area contributed by atoms with Crippen molar-refractivity contribution in [3.05, 3.63) is 35.9 Å². The Bertz CT molecular complexity index is 750. The molecule has 0 bridgehead atoms. The summed E-state index contributed by atoms with van der Waals surface area (Å²) in [6, 6.07) is 6.87. The molecule has 9 heteroatoms. The lowest BCUT2D eigenvalue weighted by atomic mass is 9.74. The van der Waals surface area contributed by atoms with E-state index in [0.717, 1.165) is 21.3 Å². The van der Waals surface area contributed by atoms with Crippen molar-refractivity contribution >= 4 is 23.9 Å². The van der Waals surface area contributed by atoms with Gasteiger partial charge in [-0.2, -0.15) is 0 Å². The first-order valence-corrected chi connectivity index (χ1v) is 8.62. The Morgan fingerprint density at radius 2 is 1.54 bits per heavy atom. The van der Waals surface area contributed by atoms with Gasteiger partial charge in [-0.05, 0) is 12.5 Å². The van der Waals surface area contributed by atoms with Gasteiger partial charge in [0.15, 0.2) is 5.54 Å². The summed E-state index contributed by atoms with van der Waals surface area (Å²) in [5, 5.41) is 2.84. The molecule has 0 unspecified atom stereocenters. The third-order valence-electron chi connectivity index (χ3n) is 4.77. The minimum Gasteiger partial charge on any atom is -0.469 e. The summed E-state index contributed by atoms with van der Waals surface area (Å²) in [6.07, 6.45) is 0. The molecule has 1 aromatic rings. The molecule has 0 saturated carbocycles. The van der Waals surface area contributed by atoms with Crippen LogP contribution < -0.4 is 5.32 Å². The molecule has 0 amide bonds. The minimum atomic E-state index is -1.85. The summed E-state index contributed by atoms with van der Waals surface area (Å²) < 4.78 is 19.7. The Labute approximate surface area is 162 Å². The van der Waals surface area contributed by atoms with Crippen molar-refractivity contribution in [2.75, 3.05) is 27.9 Å². The first-order chi connectivity index (χ1) is 13.4. The van der Waals surface area contributed by atoms with Crippen molar-refractivity contribution < 1.29 is 38.1 Å². The zero-order chi connectivity index (χ0) is 20.9. The molecule has 1 heterocycles. The van der Waals surface area contributed by atoms with Crippen LogP contribution >= 0.6 is 0 Å². The molecule has 152 valence electrons. The number of benzene rings is 1. The SMILES string of the molecule is CCOC(=O)[C@@H]1N[C@@](C(=O)OC)(c2ccccc2)[C@H](C(=O)OC)[C@H]1C(=O)OC. The van der Waals surface area contributed by atoms with Crippen LogP contribution in [-0.4, -0.2) is 57.9 Å². The third kappa shape index (κ3) is 3.45. The van der Waals surface area contributed by atoms with Gasteiger partial charge in [0.1, 0.15) is 12.0 Å². The summed E-state index contributed by atoms with van der Waals surface area (Å²) in [4.78, 5) is 50.8. The fourth-order valence-corrected chi connectivity index (χ4v) is 3.61. The van der Waals surface area contributed by atoms with Crippen LogP contribution in [0.5, 0.6) is 0 Å². The van der Waals surface area contributed by atoms with Gasteiger partial charge in [-0.3, -0.25) is 19.7 Å².